The lowest BCUT2D eigenvalue weighted by atomic mass is 9.98. The maximum Gasteiger partial charge on any atom is 0.123 e. The highest BCUT2D eigenvalue weighted by Crippen LogP contribution is 2.18. The minimum absolute atomic E-state index is 0.297. The average molecular weight is 167 g/mol. The number of likely N-dealkylation sites (tertiary alicyclic amines) is 1. The van der Waals surface area contributed by atoms with Crippen LogP contribution in [0.5, 0.6) is 0 Å². The van der Waals surface area contributed by atoms with Gasteiger partial charge < -0.3 is 9.69 Å². The molecule has 0 atom stereocenters. The fourth-order valence-electron chi connectivity index (χ4n) is 1.58. The van der Waals surface area contributed by atoms with Crippen molar-refractivity contribution in [1.82, 2.24) is 4.90 Å². The van der Waals surface area contributed by atoms with Crippen LogP contribution in [0.2, 0.25) is 0 Å². The quantitative estimate of drug-likeness (QED) is 0.598. The first-order valence-electron chi connectivity index (χ1n) is 4.66. The van der Waals surface area contributed by atoms with Crippen molar-refractivity contribution in [2.45, 2.75) is 26.2 Å². The molecule has 0 aromatic rings. The molecule has 0 aliphatic carbocycles. The zero-order valence-corrected chi connectivity index (χ0v) is 7.75. The Morgan fingerprint density at radius 2 is 2.17 bits per heavy atom. The molecule has 2 heteroatoms. The molecule has 68 valence electrons. The molecular weight excluding hydrogens is 150 g/mol. The van der Waals surface area contributed by atoms with E-state index in [-0.39, 0.29) is 0 Å². The number of piperidine rings is 1. The first-order chi connectivity index (χ1) is 5.77. The van der Waals surface area contributed by atoms with Gasteiger partial charge in [-0.1, -0.05) is 13.5 Å². The molecule has 0 amide bonds. The maximum atomic E-state index is 10.5. The smallest absolute Gasteiger partial charge is 0.123 e. The van der Waals surface area contributed by atoms with Gasteiger partial charge in [-0.2, -0.15) is 0 Å². The predicted octanol–water partition coefficient (Wildman–Crippen LogP) is 1.82. The number of carbonyl (C=O) groups excluding carboxylic acids is 1. The lowest BCUT2D eigenvalue weighted by molar-refractivity contribution is -0.112. The van der Waals surface area contributed by atoms with Crippen molar-refractivity contribution >= 4 is 6.29 Å². The summed E-state index contributed by atoms with van der Waals surface area (Å²) in [4.78, 5) is 12.8. The van der Waals surface area contributed by atoms with Gasteiger partial charge in [-0.05, 0) is 19.3 Å². The van der Waals surface area contributed by atoms with E-state index in [1.807, 2.05) is 0 Å². The topological polar surface area (TPSA) is 20.3 Å². The molecule has 1 heterocycles. The zero-order valence-electron chi connectivity index (χ0n) is 7.75. The van der Waals surface area contributed by atoms with Crippen LogP contribution in [-0.4, -0.2) is 24.3 Å². The molecule has 0 aromatic heterocycles. The minimum atomic E-state index is 0.297. The summed E-state index contributed by atoms with van der Waals surface area (Å²) in [7, 11) is 0. The number of hydrogen-bond acceptors (Lipinski definition) is 2. The number of allylic oxidation sites excluding steroid dienone is 1. The molecule has 2 nitrogen and oxygen atoms in total. The summed E-state index contributed by atoms with van der Waals surface area (Å²) in [6.45, 7) is 8.12. The van der Waals surface area contributed by atoms with Gasteiger partial charge in [-0.15, -0.1) is 0 Å². The van der Waals surface area contributed by atoms with Gasteiger partial charge in [0.1, 0.15) is 6.29 Å². The van der Waals surface area contributed by atoms with Crippen molar-refractivity contribution in [1.29, 1.82) is 0 Å². The molecule has 0 radical (unpaired) electrons. The van der Waals surface area contributed by atoms with Crippen LogP contribution in [0.1, 0.15) is 26.2 Å². The van der Waals surface area contributed by atoms with Crippen LogP contribution in [0.15, 0.2) is 12.3 Å². The van der Waals surface area contributed by atoms with Crippen LogP contribution in [0.3, 0.4) is 0 Å². The summed E-state index contributed by atoms with van der Waals surface area (Å²) in [5.74, 6) is 0.297. The Morgan fingerprint density at radius 3 is 2.58 bits per heavy atom. The number of hydrogen-bond donors (Lipinski definition) is 0. The van der Waals surface area contributed by atoms with Crippen LogP contribution in [0.25, 0.3) is 0 Å². The summed E-state index contributed by atoms with van der Waals surface area (Å²) < 4.78 is 0. The number of rotatable bonds is 3. The zero-order chi connectivity index (χ0) is 8.97. The fourth-order valence-corrected chi connectivity index (χ4v) is 1.58. The third-order valence-electron chi connectivity index (χ3n) is 2.59. The minimum Gasteiger partial charge on any atom is -0.375 e. The van der Waals surface area contributed by atoms with Crippen molar-refractivity contribution in [3.63, 3.8) is 0 Å². The van der Waals surface area contributed by atoms with E-state index < -0.39 is 0 Å². The van der Waals surface area contributed by atoms with Gasteiger partial charge in [-0.25, -0.2) is 0 Å². The third kappa shape index (κ3) is 2.10. The molecule has 12 heavy (non-hydrogen) atoms. The van der Waals surface area contributed by atoms with E-state index in [1.165, 1.54) is 5.70 Å². The highest BCUT2D eigenvalue weighted by Gasteiger charge is 2.18. The highest BCUT2D eigenvalue weighted by atomic mass is 16.1. The van der Waals surface area contributed by atoms with Crippen molar-refractivity contribution in [3.8, 4) is 0 Å². The Kier molecular flexibility index (Phi) is 3.32. The van der Waals surface area contributed by atoms with E-state index in [4.69, 9.17) is 0 Å². The van der Waals surface area contributed by atoms with E-state index in [0.717, 1.165) is 38.6 Å². The SMILES string of the molecule is C=C(CC)N1CCC(C=O)CC1. The van der Waals surface area contributed by atoms with E-state index in [9.17, 15) is 4.79 Å². The van der Waals surface area contributed by atoms with Crippen LogP contribution in [0.4, 0.5) is 0 Å². The van der Waals surface area contributed by atoms with Gasteiger partial charge in [0.25, 0.3) is 0 Å². The summed E-state index contributed by atoms with van der Waals surface area (Å²) in [6.07, 6.45) is 4.11. The van der Waals surface area contributed by atoms with Crippen molar-refractivity contribution in [2.24, 2.45) is 5.92 Å². The lowest BCUT2D eigenvalue weighted by Crippen LogP contribution is -2.32. The molecule has 1 aliphatic heterocycles. The number of carbonyl (C=O) groups is 1. The van der Waals surface area contributed by atoms with E-state index in [1.54, 1.807) is 0 Å². The molecule has 1 aliphatic rings. The van der Waals surface area contributed by atoms with Crippen molar-refractivity contribution in [3.05, 3.63) is 12.3 Å². The highest BCUT2D eigenvalue weighted by molar-refractivity contribution is 5.53. The first kappa shape index (κ1) is 9.30. The Bertz CT molecular complexity index is 169. The Balaban J connectivity index is 2.35. The molecule has 1 fully saturated rings. The van der Waals surface area contributed by atoms with Crippen LogP contribution < -0.4 is 0 Å². The summed E-state index contributed by atoms with van der Waals surface area (Å²) >= 11 is 0. The molecule has 1 rings (SSSR count). The molecule has 0 N–H and O–H groups in total. The number of aldehydes is 1. The van der Waals surface area contributed by atoms with Gasteiger partial charge in [-0.3, -0.25) is 0 Å². The van der Waals surface area contributed by atoms with E-state index in [2.05, 4.69) is 18.4 Å². The molecule has 0 spiro atoms. The van der Waals surface area contributed by atoms with Gasteiger partial charge in [0.2, 0.25) is 0 Å². The number of nitrogens with zero attached hydrogens (tertiary/aromatic N) is 1. The summed E-state index contributed by atoms with van der Waals surface area (Å²) in [6, 6.07) is 0. The Morgan fingerprint density at radius 1 is 1.58 bits per heavy atom. The largest absolute Gasteiger partial charge is 0.375 e. The van der Waals surface area contributed by atoms with Gasteiger partial charge in [0, 0.05) is 24.7 Å². The molecule has 0 bridgehead atoms. The second-order valence-corrected chi connectivity index (χ2v) is 3.38. The van der Waals surface area contributed by atoms with Gasteiger partial charge >= 0.3 is 0 Å². The van der Waals surface area contributed by atoms with Gasteiger partial charge in [0.15, 0.2) is 0 Å². The van der Waals surface area contributed by atoms with E-state index in [0.29, 0.717) is 5.92 Å². The Labute approximate surface area is 74.2 Å². The molecule has 0 unspecified atom stereocenters. The van der Waals surface area contributed by atoms with Crippen molar-refractivity contribution in [2.75, 3.05) is 13.1 Å². The van der Waals surface area contributed by atoms with Crippen molar-refractivity contribution < 1.29 is 4.79 Å². The first-order valence-corrected chi connectivity index (χ1v) is 4.66. The second kappa shape index (κ2) is 4.29. The molecule has 1 saturated heterocycles. The summed E-state index contributed by atoms with van der Waals surface area (Å²) in [5, 5.41) is 0. The molecule has 0 saturated carbocycles. The third-order valence-corrected chi connectivity index (χ3v) is 2.59. The lowest BCUT2D eigenvalue weighted by Gasteiger charge is -2.32. The molecule has 0 aromatic carbocycles. The second-order valence-electron chi connectivity index (χ2n) is 3.38. The van der Waals surface area contributed by atoms with Gasteiger partial charge in [0.05, 0.1) is 0 Å². The standard InChI is InChI=1S/C10H17NO/c1-3-9(2)11-6-4-10(8-12)5-7-11/h8,10H,2-7H2,1H3. The monoisotopic (exact) mass is 167 g/mol. The normalized spacial score (nSPS) is 19.2. The predicted molar refractivity (Wildman–Crippen MR) is 49.8 cm³/mol. The average Bonchev–Trinajstić information content (AvgIpc) is 2.17. The summed E-state index contributed by atoms with van der Waals surface area (Å²) in [5.41, 5.74) is 1.21. The van der Waals surface area contributed by atoms with Crippen LogP contribution >= 0.6 is 0 Å². The van der Waals surface area contributed by atoms with E-state index >= 15 is 0 Å². The van der Waals surface area contributed by atoms with Crippen LogP contribution in [0, 0.1) is 5.92 Å². The maximum absolute atomic E-state index is 10.5. The Hall–Kier alpha value is -0.790. The van der Waals surface area contributed by atoms with Crippen LogP contribution in [-0.2, 0) is 4.79 Å². The molecular formula is C10H17NO. The fraction of sp³-hybridized carbons (Fsp3) is 0.700.